The summed E-state index contributed by atoms with van der Waals surface area (Å²) in [5, 5.41) is 9.88. The number of ketones is 1. The number of halogens is 4. The Morgan fingerprint density at radius 3 is 2.70 bits per heavy atom. The number of carbonyl (C=O) groups is 1. The van der Waals surface area contributed by atoms with Gasteiger partial charge in [-0.05, 0) is 36.8 Å². The first-order valence-electron chi connectivity index (χ1n) is 9.02. The molecule has 1 aliphatic carbocycles. The summed E-state index contributed by atoms with van der Waals surface area (Å²) < 4.78 is 42.3. The number of Topliss-reactive ketones (excluding diaryl/α,β-unsaturated/α-hetero) is 1. The van der Waals surface area contributed by atoms with Crippen molar-refractivity contribution in [2.24, 2.45) is 16.6 Å². The molecule has 3 atom stereocenters. The molecule has 1 aromatic carbocycles. The van der Waals surface area contributed by atoms with E-state index in [1.807, 2.05) is 0 Å². The number of amidine groups is 1. The number of nitrogens with zero attached hydrogens (tertiary/aromatic N) is 2. The third-order valence-corrected chi connectivity index (χ3v) is 7.21. The summed E-state index contributed by atoms with van der Waals surface area (Å²) in [6.45, 7) is 0.559. The van der Waals surface area contributed by atoms with Crippen molar-refractivity contribution in [1.29, 1.82) is 0 Å². The summed E-state index contributed by atoms with van der Waals surface area (Å²) in [4.78, 5) is 20.6. The highest BCUT2D eigenvalue weighted by atomic mass is 35.5. The molecule has 0 saturated heterocycles. The van der Waals surface area contributed by atoms with Crippen molar-refractivity contribution in [2.45, 2.75) is 29.6 Å². The van der Waals surface area contributed by atoms with Crippen LogP contribution in [0.5, 0.6) is 0 Å². The monoisotopic (exact) mass is 455 g/mol. The van der Waals surface area contributed by atoms with Crippen molar-refractivity contribution in [3.63, 3.8) is 0 Å². The minimum absolute atomic E-state index is 0.0971. The smallest absolute Gasteiger partial charge is 0.272 e. The quantitative estimate of drug-likeness (QED) is 0.673. The number of benzene rings is 1. The van der Waals surface area contributed by atoms with E-state index in [0.29, 0.717) is 22.3 Å². The molecule has 5 nitrogen and oxygen atoms in total. The van der Waals surface area contributed by atoms with Crippen LogP contribution in [0.2, 0.25) is 5.02 Å². The molecule has 1 aromatic heterocycles. The standard InChI is InChI=1S/C20H17ClF3N3O2S/c1-18(16-19(9-28,20(16,23)24)30-17(25)27-18)12-6-10(2-4-13(12)22)7-15(29)14-5-3-11(21)8-26-14/h2-6,8,16,28H,7,9H2,1H3,(H2,25,27)/t16-,18+,19+/m0/s1. The van der Waals surface area contributed by atoms with Gasteiger partial charge in [0.25, 0.3) is 5.92 Å². The van der Waals surface area contributed by atoms with E-state index in [4.69, 9.17) is 17.3 Å². The van der Waals surface area contributed by atoms with Crippen LogP contribution in [-0.4, -0.2) is 38.3 Å². The van der Waals surface area contributed by atoms with E-state index in [0.717, 1.165) is 6.07 Å². The van der Waals surface area contributed by atoms with Crippen molar-refractivity contribution in [3.05, 3.63) is 64.2 Å². The number of thioether (sulfide) groups is 1. The van der Waals surface area contributed by atoms with Crippen molar-refractivity contribution >= 4 is 34.3 Å². The number of hydrogen-bond donors (Lipinski definition) is 2. The number of aromatic nitrogens is 1. The lowest BCUT2D eigenvalue weighted by molar-refractivity contribution is 0.0684. The van der Waals surface area contributed by atoms with Gasteiger partial charge in [0.05, 0.1) is 23.1 Å². The second-order valence-electron chi connectivity index (χ2n) is 7.58. The molecule has 0 unspecified atom stereocenters. The fourth-order valence-corrected chi connectivity index (χ4v) is 5.68. The number of alkyl halides is 2. The number of aliphatic hydroxyl groups is 1. The maximum absolute atomic E-state index is 14.8. The first kappa shape index (κ1) is 21.1. The summed E-state index contributed by atoms with van der Waals surface area (Å²) >= 11 is 6.39. The topological polar surface area (TPSA) is 88.6 Å². The molecule has 1 saturated carbocycles. The summed E-state index contributed by atoms with van der Waals surface area (Å²) in [5.41, 5.74) is 4.59. The van der Waals surface area contributed by atoms with Crippen LogP contribution in [0.4, 0.5) is 13.2 Å². The van der Waals surface area contributed by atoms with E-state index < -0.39 is 34.6 Å². The third kappa shape index (κ3) is 3.02. The number of carbonyl (C=O) groups excluding carboxylic acids is 1. The van der Waals surface area contributed by atoms with Crippen molar-refractivity contribution in [1.82, 2.24) is 4.98 Å². The molecule has 1 aliphatic heterocycles. The maximum Gasteiger partial charge on any atom is 0.272 e. The Kier molecular flexibility index (Phi) is 4.91. The van der Waals surface area contributed by atoms with Crippen LogP contribution < -0.4 is 5.73 Å². The summed E-state index contributed by atoms with van der Waals surface area (Å²) in [6.07, 6.45) is 1.23. The average Bonchev–Trinajstić information content (AvgIpc) is 3.19. The summed E-state index contributed by atoms with van der Waals surface area (Å²) in [6, 6.07) is 6.88. The second kappa shape index (κ2) is 6.96. The minimum Gasteiger partial charge on any atom is -0.395 e. The van der Waals surface area contributed by atoms with Crippen LogP contribution >= 0.6 is 23.4 Å². The van der Waals surface area contributed by atoms with Gasteiger partial charge in [0.1, 0.15) is 16.3 Å². The van der Waals surface area contributed by atoms with E-state index in [1.54, 1.807) is 0 Å². The fraction of sp³-hybridized carbons (Fsp3) is 0.350. The number of rotatable bonds is 5. The zero-order valence-electron chi connectivity index (χ0n) is 15.7. The Balaban J connectivity index is 1.71. The van der Waals surface area contributed by atoms with Gasteiger partial charge in [-0.2, -0.15) is 0 Å². The lowest BCUT2D eigenvalue weighted by Crippen LogP contribution is -2.37. The molecule has 30 heavy (non-hydrogen) atoms. The van der Waals surface area contributed by atoms with E-state index >= 15 is 0 Å². The highest BCUT2D eigenvalue weighted by Crippen LogP contribution is 2.74. The summed E-state index contributed by atoms with van der Waals surface area (Å²) in [7, 11) is 0. The Morgan fingerprint density at radius 1 is 1.33 bits per heavy atom. The van der Waals surface area contributed by atoms with E-state index in [9.17, 15) is 23.1 Å². The molecule has 2 aliphatic rings. The molecule has 3 N–H and O–H groups in total. The summed E-state index contributed by atoms with van der Waals surface area (Å²) in [5.74, 6) is -5.79. The van der Waals surface area contributed by atoms with Crippen LogP contribution in [0, 0.1) is 11.7 Å². The minimum atomic E-state index is -3.28. The highest BCUT2D eigenvalue weighted by Gasteiger charge is 2.87. The lowest BCUT2D eigenvalue weighted by Gasteiger charge is -2.32. The zero-order chi connectivity index (χ0) is 21.9. The predicted octanol–water partition coefficient (Wildman–Crippen LogP) is 3.57. The molecular weight excluding hydrogens is 439 g/mol. The van der Waals surface area contributed by atoms with Gasteiger partial charge in [-0.1, -0.05) is 29.4 Å². The Morgan fingerprint density at radius 2 is 2.07 bits per heavy atom. The maximum atomic E-state index is 14.8. The van der Waals surface area contributed by atoms with Gasteiger partial charge in [-0.3, -0.25) is 14.8 Å². The van der Waals surface area contributed by atoms with Gasteiger partial charge < -0.3 is 10.8 Å². The SMILES string of the molecule is C[C@]1(c2cc(CC(=O)c3ccc(Cl)cn3)ccc2F)N=C(N)S[C@]2(CO)[C@H]1C2(F)F. The predicted molar refractivity (Wildman–Crippen MR) is 109 cm³/mol. The van der Waals surface area contributed by atoms with E-state index in [-0.39, 0.29) is 28.6 Å². The van der Waals surface area contributed by atoms with Crippen LogP contribution in [0.3, 0.4) is 0 Å². The number of nitrogens with two attached hydrogens (primary N) is 1. The van der Waals surface area contributed by atoms with E-state index in [1.165, 1.54) is 37.4 Å². The zero-order valence-corrected chi connectivity index (χ0v) is 17.3. The molecule has 0 bridgehead atoms. The number of pyridine rings is 1. The molecule has 2 heterocycles. The van der Waals surface area contributed by atoms with Gasteiger partial charge in [0, 0.05) is 18.2 Å². The van der Waals surface area contributed by atoms with Crippen molar-refractivity contribution in [3.8, 4) is 0 Å². The fourth-order valence-electron chi connectivity index (χ4n) is 4.20. The molecule has 2 aromatic rings. The van der Waals surface area contributed by atoms with Gasteiger partial charge >= 0.3 is 0 Å². The van der Waals surface area contributed by atoms with Crippen molar-refractivity contribution in [2.75, 3.05) is 6.61 Å². The Labute approximate surface area is 179 Å². The molecule has 0 radical (unpaired) electrons. The molecular formula is C20H17ClF3N3O2S. The van der Waals surface area contributed by atoms with Crippen LogP contribution in [-0.2, 0) is 12.0 Å². The number of aliphatic hydroxyl groups excluding tert-OH is 1. The Bertz CT molecular complexity index is 1070. The third-order valence-electron chi connectivity index (χ3n) is 5.69. The first-order chi connectivity index (χ1) is 14.0. The average molecular weight is 456 g/mol. The van der Waals surface area contributed by atoms with Crippen LogP contribution in [0.25, 0.3) is 0 Å². The number of hydrogen-bond acceptors (Lipinski definition) is 6. The van der Waals surface area contributed by atoms with Gasteiger partial charge in [0.2, 0.25) is 0 Å². The molecule has 0 spiro atoms. The van der Waals surface area contributed by atoms with E-state index in [2.05, 4.69) is 9.98 Å². The molecule has 10 heteroatoms. The Hall–Kier alpha value is -2.10. The van der Waals surface area contributed by atoms with Crippen molar-refractivity contribution < 1.29 is 23.1 Å². The second-order valence-corrected chi connectivity index (χ2v) is 9.37. The molecule has 158 valence electrons. The van der Waals surface area contributed by atoms with Gasteiger partial charge in [-0.25, -0.2) is 13.2 Å². The first-order valence-corrected chi connectivity index (χ1v) is 10.2. The normalized spacial score (nSPS) is 29.1. The van der Waals surface area contributed by atoms with Crippen LogP contribution in [0.1, 0.15) is 28.5 Å². The van der Waals surface area contributed by atoms with Gasteiger partial charge in [-0.15, -0.1) is 0 Å². The molecule has 0 amide bonds. The highest BCUT2D eigenvalue weighted by molar-refractivity contribution is 8.15. The molecule has 1 fully saturated rings. The lowest BCUT2D eigenvalue weighted by atomic mass is 9.84. The number of aliphatic imine (C=N–C) groups is 1. The largest absolute Gasteiger partial charge is 0.395 e. The van der Waals surface area contributed by atoms with Gasteiger partial charge in [0.15, 0.2) is 11.0 Å². The van der Waals surface area contributed by atoms with Crippen LogP contribution in [0.15, 0.2) is 41.5 Å². The molecule has 4 rings (SSSR count). The number of fused-ring (bicyclic) bond motifs is 1.